The van der Waals surface area contributed by atoms with Crippen LogP contribution >= 0.6 is 11.3 Å². The molecule has 0 saturated heterocycles. The summed E-state index contributed by atoms with van der Waals surface area (Å²) in [5, 5.41) is 0.773. The molecule has 3 rings (SSSR count). The molecule has 0 bridgehead atoms. The number of thiophene rings is 1. The number of hydrogen-bond donors (Lipinski definition) is 0. The molecule has 3 nitrogen and oxygen atoms in total. The quantitative estimate of drug-likeness (QED) is 0.676. The molecule has 2 heterocycles. The van der Waals surface area contributed by atoms with Crippen molar-refractivity contribution in [1.29, 1.82) is 0 Å². The lowest BCUT2D eigenvalue weighted by atomic mass is 9.87. The summed E-state index contributed by atoms with van der Waals surface area (Å²) in [5.74, 6) is 0.772. The van der Waals surface area contributed by atoms with Crippen molar-refractivity contribution < 1.29 is 0 Å². The van der Waals surface area contributed by atoms with E-state index in [0.29, 0.717) is 6.54 Å². The predicted octanol–water partition coefficient (Wildman–Crippen LogP) is 4.73. The van der Waals surface area contributed by atoms with Crippen LogP contribution in [0.2, 0.25) is 0 Å². The maximum absolute atomic E-state index is 12.9. The Bertz CT molecular complexity index is 956. The van der Waals surface area contributed by atoms with Crippen molar-refractivity contribution in [3.05, 3.63) is 62.0 Å². The Morgan fingerprint density at radius 2 is 1.71 bits per heavy atom. The molecule has 0 fully saturated rings. The van der Waals surface area contributed by atoms with E-state index in [4.69, 9.17) is 0 Å². The van der Waals surface area contributed by atoms with Crippen LogP contribution in [0.5, 0.6) is 0 Å². The van der Waals surface area contributed by atoms with Crippen molar-refractivity contribution in [1.82, 2.24) is 9.55 Å². The topological polar surface area (TPSA) is 34.9 Å². The van der Waals surface area contributed by atoms with E-state index >= 15 is 0 Å². The molecule has 0 amide bonds. The van der Waals surface area contributed by atoms with Crippen LogP contribution in [0, 0.1) is 20.8 Å². The molecule has 0 aliphatic heterocycles. The number of fused-ring (bicyclic) bond motifs is 1. The summed E-state index contributed by atoms with van der Waals surface area (Å²) in [6.07, 6.45) is 0. The lowest BCUT2D eigenvalue weighted by Crippen LogP contribution is -2.24. The third kappa shape index (κ3) is 2.91. The van der Waals surface area contributed by atoms with Gasteiger partial charge >= 0.3 is 0 Å². The summed E-state index contributed by atoms with van der Waals surface area (Å²) in [6, 6.07) is 8.54. The normalized spacial score (nSPS) is 12.1. The van der Waals surface area contributed by atoms with Gasteiger partial charge < -0.3 is 0 Å². The first-order valence-corrected chi connectivity index (χ1v) is 9.06. The number of rotatable bonds is 2. The van der Waals surface area contributed by atoms with Crippen LogP contribution < -0.4 is 5.56 Å². The molecule has 1 aromatic carbocycles. The molecule has 0 aliphatic rings. The molecule has 0 saturated carbocycles. The van der Waals surface area contributed by atoms with Crippen LogP contribution in [-0.4, -0.2) is 9.55 Å². The van der Waals surface area contributed by atoms with Crippen LogP contribution in [0.4, 0.5) is 0 Å². The highest BCUT2D eigenvalue weighted by Gasteiger charge is 2.16. The fourth-order valence-electron chi connectivity index (χ4n) is 2.91. The van der Waals surface area contributed by atoms with Crippen molar-refractivity contribution in [2.24, 2.45) is 0 Å². The highest BCUT2D eigenvalue weighted by Crippen LogP contribution is 2.26. The van der Waals surface area contributed by atoms with Crippen molar-refractivity contribution in [2.45, 2.75) is 53.5 Å². The Balaban J connectivity index is 2.04. The summed E-state index contributed by atoms with van der Waals surface area (Å²) in [7, 11) is 0. The van der Waals surface area contributed by atoms with Gasteiger partial charge in [0.05, 0.1) is 11.9 Å². The zero-order chi connectivity index (χ0) is 17.6. The van der Waals surface area contributed by atoms with Gasteiger partial charge in [-0.2, -0.15) is 0 Å². The molecule has 2 aromatic heterocycles. The van der Waals surface area contributed by atoms with Gasteiger partial charge in [0, 0.05) is 4.88 Å². The Labute approximate surface area is 147 Å². The van der Waals surface area contributed by atoms with Crippen LogP contribution in [0.3, 0.4) is 0 Å². The SMILES string of the molecule is Cc1sc2nc(C)n(Cc3ccc(C(C)(C)C)cc3)c(=O)c2c1C. The fraction of sp³-hybridized carbons (Fsp3) is 0.400. The second kappa shape index (κ2) is 5.85. The third-order valence-electron chi connectivity index (χ3n) is 4.64. The molecule has 126 valence electrons. The minimum atomic E-state index is 0.0687. The van der Waals surface area contributed by atoms with Crippen molar-refractivity contribution >= 4 is 21.6 Å². The van der Waals surface area contributed by atoms with Gasteiger partial charge in [0.25, 0.3) is 5.56 Å². The predicted molar refractivity (Wildman–Crippen MR) is 102 cm³/mol. The Morgan fingerprint density at radius 1 is 1.08 bits per heavy atom. The molecule has 0 N–H and O–H groups in total. The average molecular weight is 340 g/mol. The fourth-order valence-corrected chi connectivity index (χ4v) is 3.97. The van der Waals surface area contributed by atoms with Crippen molar-refractivity contribution in [3.63, 3.8) is 0 Å². The summed E-state index contributed by atoms with van der Waals surface area (Å²) < 4.78 is 1.79. The minimum absolute atomic E-state index is 0.0687. The zero-order valence-corrected chi connectivity index (χ0v) is 16.0. The van der Waals surface area contributed by atoms with E-state index in [0.717, 1.165) is 27.2 Å². The van der Waals surface area contributed by atoms with E-state index in [9.17, 15) is 4.79 Å². The van der Waals surface area contributed by atoms with Crippen LogP contribution in [0.25, 0.3) is 10.2 Å². The number of benzene rings is 1. The number of aryl methyl sites for hydroxylation is 3. The molecular formula is C20H24N2OS. The van der Waals surface area contributed by atoms with Gasteiger partial charge in [0.15, 0.2) is 0 Å². The van der Waals surface area contributed by atoms with Gasteiger partial charge in [-0.15, -0.1) is 11.3 Å². The first-order valence-electron chi connectivity index (χ1n) is 8.25. The van der Waals surface area contributed by atoms with E-state index in [1.54, 1.807) is 15.9 Å². The van der Waals surface area contributed by atoms with Gasteiger partial charge in [0.2, 0.25) is 0 Å². The standard InChI is InChI=1S/C20H24N2OS/c1-12-13(2)24-18-17(12)19(23)22(14(3)21-18)11-15-7-9-16(10-8-15)20(4,5)6/h7-10H,11H2,1-6H3. The smallest absolute Gasteiger partial charge is 0.262 e. The molecular weight excluding hydrogens is 316 g/mol. The Morgan fingerprint density at radius 3 is 2.29 bits per heavy atom. The van der Waals surface area contributed by atoms with E-state index in [-0.39, 0.29) is 11.0 Å². The maximum atomic E-state index is 12.9. The Kier molecular flexibility index (Phi) is 4.12. The molecule has 24 heavy (non-hydrogen) atoms. The minimum Gasteiger partial charge on any atom is -0.292 e. The maximum Gasteiger partial charge on any atom is 0.262 e. The van der Waals surface area contributed by atoms with Crippen molar-refractivity contribution in [3.8, 4) is 0 Å². The highest BCUT2D eigenvalue weighted by molar-refractivity contribution is 7.18. The van der Waals surface area contributed by atoms with Crippen LogP contribution in [0.1, 0.15) is 48.2 Å². The van der Waals surface area contributed by atoms with Gasteiger partial charge in [0.1, 0.15) is 10.7 Å². The van der Waals surface area contributed by atoms with Gasteiger partial charge in [-0.05, 0) is 42.9 Å². The van der Waals surface area contributed by atoms with E-state index in [1.165, 1.54) is 10.4 Å². The molecule has 0 aliphatic carbocycles. The summed E-state index contributed by atoms with van der Waals surface area (Å²) in [5.41, 5.74) is 3.69. The highest BCUT2D eigenvalue weighted by atomic mass is 32.1. The Hall–Kier alpha value is -1.94. The van der Waals surface area contributed by atoms with E-state index < -0.39 is 0 Å². The first-order chi connectivity index (χ1) is 11.2. The second-order valence-corrected chi connectivity index (χ2v) is 8.66. The molecule has 3 aromatic rings. The van der Waals surface area contributed by atoms with Gasteiger partial charge in [-0.3, -0.25) is 9.36 Å². The third-order valence-corrected chi connectivity index (χ3v) is 5.74. The number of nitrogens with zero attached hydrogens (tertiary/aromatic N) is 2. The first kappa shape index (κ1) is 16.9. The van der Waals surface area contributed by atoms with E-state index in [1.807, 2.05) is 20.8 Å². The lowest BCUT2D eigenvalue weighted by Gasteiger charge is -2.19. The summed E-state index contributed by atoms with van der Waals surface area (Å²) >= 11 is 1.60. The second-order valence-electron chi connectivity index (χ2n) is 7.46. The van der Waals surface area contributed by atoms with Gasteiger partial charge in [-0.1, -0.05) is 45.0 Å². The van der Waals surface area contributed by atoms with E-state index in [2.05, 4.69) is 50.0 Å². The monoisotopic (exact) mass is 340 g/mol. The molecule has 4 heteroatoms. The largest absolute Gasteiger partial charge is 0.292 e. The molecule has 0 atom stereocenters. The summed E-state index contributed by atoms with van der Waals surface area (Å²) in [6.45, 7) is 13.1. The van der Waals surface area contributed by atoms with Crippen LogP contribution in [0.15, 0.2) is 29.1 Å². The van der Waals surface area contributed by atoms with Crippen molar-refractivity contribution in [2.75, 3.05) is 0 Å². The number of aromatic nitrogens is 2. The molecule has 0 spiro atoms. The summed E-state index contributed by atoms with van der Waals surface area (Å²) in [4.78, 5) is 19.6. The molecule has 0 radical (unpaired) electrons. The number of hydrogen-bond acceptors (Lipinski definition) is 3. The van der Waals surface area contributed by atoms with Gasteiger partial charge in [-0.25, -0.2) is 4.98 Å². The average Bonchev–Trinajstić information content (AvgIpc) is 2.78. The molecule has 0 unspecified atom stereocenters. The lowest BCUT2D eigenvalue weighted by molar-refractivity contribution is 0.589. The van der Waals surface area contributed by atoms with Crippen LogP contribution in [-0.2, 0) is 12.0 Å². The zero-order valence-electron chi connectivity index (χ0n) is 15.2.